The molecular weight excluding hydrogens is 375 g/mol. The first-order valence-corrected chi connectivity index (χ1v) is 9.21. The molecule has 1 aliphatic rings. The van der Waals surface area contributed by atoms with Gasteiger partial charge in [0.05, 0.1) is 0 Å². The van der Waals surface area contributed by atoms with E-state index in [9.17, 15) is 0 Å². The van der Waals surface area contributed by atoms with Crippen LogP contribution in [-0.4, -0.2) is 10.7 Å². The van der Waals surface area contributed by atoms with Gasteiger partial charge in [-0.2, -0.15) is 0 Å². The Morgan fingerprint density at radius 1 is 1.11 bits per heavy atom. The first-order valence-electron chi connectivity index (χ1n) is 6.59. The van der Waals surface area contributed by atoms with Gasteiger partial charge in [0, 0.05) is 21.1 Å². The van der Waals surface area contributed by atoms with Crippen LogP contribution in [0.1, 0.15) is 37.7 Å². The van der Waals surface area contributed by atoms with Gasteiger partial charge in [-0.3, -0.25) is 0 Å². The summed E-state index contributed by atoms with van der Waals surface area (Å²) in [4.78, 5) is 0. The summed E-state index contributed by atoms with van der Waals surface area (Å²) < 4.78 is 0. The quantitative estimate of drug-likeness (QED) is 0.542. The molecule has 1 aromatic carbocycles. The molecule has 0 bridgehead atoms. The molecule has 0 N–H and O–H groups in total. The van der Waals surface area contributed by atoms with E-state index >= 15 is 0 Å². The molecule has 0 aromatic heterocycles. The van der Waals surface area contributed by atoms with Crippen molar-refractivity contribution in [1.29, 1.82) is 0 Å². The molecule has 18 heavy (non-hydrogen) atoms. The average Bonchev–Trinajstić information content (AvgIpc) is 2.90. The van der Waals surface area contributed by atoms with E-state index in [0.29, 0.717) is 0 Å². The molecule has 1 saturated carbocycles. The van der Waals surface area contributed by atoms with Crippen molar-refractivity contribution < 1.29 is 0 Å². The minimum absolute atomic E-state index is 0.132. The van der Waals surface area contributed by atoms with Crippen molar-refractivity contribution in [3.8, 4) is 0 Å². The second-order valence-corrected chi connectivity index (χ2v) is 6.91. The van der Waals surface area contributed by atoms with Crippen LogP contribution in [0.25, 0.3) is 0 Å². The first kappa shape index (κ1) is 14.9. The molecule has 0 atom stereocenters. The van der Waals surface area contributed by atoms with E-state index in [1.807, 2.05) is 12.1 Å². The number of hydrogen-bond donors (Lipinski definition) is 0. The molecule has 100 valence electrons. The molecule has 0 spiro atoms. The number of alkyl halides is 2. The van der Waals surface area contributed by atoms with Crippen molar-refractivity contribution >= 4 is 43.5 Å². The van der Waals surface area contributed by atoms with Crippen LogP contribution >= 0.6 is 43.5 Å². The molecule has 0 aliphatic heterocycles. The topological polar surface area (TPSA) is 0 Å². The van der Waals surface area contributed by atoms with E-state index in [-0.39, 0.29) is 5.41 Å². The Balaban J connectivity index is 2.27. The standard InChI is InChI=1S/C15H19Br2Cl/c16-10-15(11-17,9-12-5-1-2-6-12)13-7-3-4-8-14(13)18/h3-4,7-8,12H,1-2,5-6,9-11H2. The first-order chi connectivity index (χ1) is 8.72. The van der Waals surface area contributed by atoms with E-state index in [2.05, 4.69) is 44.0 Å². The lowest BCUT2D eigenvalue weighted by atomic mass is 9.76. The Labute approximate surface area is 132 Å². The smallest absolute Gasteiger partial charge is 0.0444 e. The molecular formula is C15H19Br2Cl. The second kappa shape index (κ2) is 6.76. The Hall–Kier alpha value is 0.470. The molecule has 3 heteroatoms. The number of halogens is 3. The summed E-state index contributed by atoms with van der Waals surface area (Å²) in [6.07, 6.45) is 6.79. The van der Waals surface area contributed by atoms with Crippen molar-refractivity contribution in [2.75, 3.05) is 10.7 Å². The highest BCUT2D eigenvalue weighted by molar-refractivity contribution is 9.09. The Kier molecular flexibility index (Phi) is 5.59. The molecule has 0 nitrogen and oxygen atoms in total. The second-order valence-electron chi connectivity index (χ2n) is 5.38. The van der Waals surface area contributed by atoms with Crippen LogP contribution in [-0.2, 0) is 5.41 Å². The third-order valence-corrected chi connectivity index (χ3v) is 6.59. The molecule has 0 saturated heterocycles. The summed E-state index contributed by atoms with van der Waals surface area (Å²) in [6.45, 7) is 0. The summed E-state index contributed by atoms with van der Waals surface area (Å²) >= 11 is 13.9. The highest BCUT2D eigenvalue weighted by atomic mass is 79.9. The normalized spacial score (nSPS) is 17.3. The fourth-order valence-corrected chi connectivity index (χ4v) is 5.38. The van der Waals surface area contributed by atoms with E-state index in [1.54, 1.807) is 0 Å². The van der Waals surface area contributed by atoms with Gasteiger partial charge in [-0.25, -0.2) is 0 Å². The van der Waals surface area contributed by atoms with Gasteiger partial charge in [-0.1, -0.05) is 87.3 Å². The minimum atomic E-state index is 0.132. The zero-order valence-electron chi connectivity index (χ0n) is 10.5. The lowest BCUT2D eigenvalue weighted by Gasteiger charge is -2.34. The summed E-state index contributed by atoms with van der Waals surface area (Å²) in [5.74, 6) is 0.858. The minimum Gasteiger partial charge on any atom is -0.0918 e. The highest BCUT2D eigenvalue weighted by Gasteiger charge is 2.35. The maximum Gasteiger partial charge on any atom is 0.0444 e. The van der Waals surface area contributed by atoms with Crippen LogP contribution in [0.5, 0.6) is 0 Å². The number of benzene rings is 1. The van der Waals surface area contributed by atoms with Crippen LogP contribution in [0.15, 0.2) is 24.3 Å². The highest BCUT2D eigenvalue weighted by Crippen LogP contribution is 2.42. The molecule has 0 radical (unpaired) electrons. The molecule has 0 unspecified atom stereocenters. The summed E-state index contributed by atoms with van der Waals surface area (Å²) in [6, 6.07) is 8.29. The molecule has 1 fully saturated rings. The van der Waals surface area contributed by atoms with Crippen LogP contribution < -0.4 is 0 Å². The maximum atomic E-state index is 6.41. The van der Waals surface area contributed by atoms with Crippen molar-refractivity contribution in [1.82, 2.24) is 0 Å². The van der Waals surface area contributed by atoms with Crippen LogP contribution in [0.2, 0.25) is 5.02 Å². The van der Waals surface area contributed by atoms with Gasteiger partial charge in [0.15, 0.2) is 0 Å². The van der Waals surface area contributed by atoms with Crippen molar-refractivity contribution in [2.24, 2.45) is 5.92 Å². The fourth-order valence-electron chi connectivity index (χ4n) is 3.06. The monoisotopic (exact) mass is 392 g/mol. The molecule has 2 rings (SSSR count). The van der Waals surface area contributed by atoms with Crippen molar-refractivity contribution in [3.05, 3.63) is 34.9 Å². The lowest BCUT2D eigenvalue weighted by molar-refractivity contribution is 0.379. The third kappa shape index (κ3) is 3.13. The van der Waals surface area contributed by atoms with Crippen LogP contribution in [0.4, 0.5) is 0 Å². The number of rotatable bonds is 5. The van der Waals surface area contributed by atoms with E-state index in [1.165, 1.54) is 37.7 Å². The zero-order chi connectivity index (χ0) is 13.0. The van der Waals surface area contributed by atoms with Crippen LogP contribution in [0, 0.1) is 5.92 Å². The van der Waals surface area contributed by atoms with Gasteiger partial charge in [0.25, 0.3) is 0 Å². The Morgan fingerprint density at radius 2 is 1.72 bits per heavy atom. The van der Waals surface area contributed by atoms with E-state index in [4.69, 9.17) is 11.6 Å². The summed E-state index contributed by atoms with van der Waals surface area (Å²) in [5, 5.41) is 2.83. The fraction of sp³-hybridized carbons (Fsp3) is 0.600. The summed E-state index contributed by atoms with van der Waals surface area (Å²) in [5.41, 5.74) is 1.42. The van der Waals surface area contributed by atoms with Gasteiger partial charge in [0.2, 0.25) is 0 Å². The van der Waals surface area contributed by atoms with Gasteiger partial charge in [-0.05, 0) is 24.0 Å². The predicted octanol–water partition coefficient (Wildman–Crippen LogP) is 5.95. The Morgan fingerprint density at radius 3 is 2.28 bits per heavy atom. The van der Waals surface area contributed by atoms with E-state index < -0.39 is 0 Å². The Bertz CT molecular complexity index is 382. The molecule has 1 aliphatic carbocycles. The van der Waals surface area contributed by atoms with Gasteiger partial charge < -0.3 is 0 Å². The molecule has 0 heterocycles. The summed E-state index contributed by atoms with van der Waals surface area (Å²) in [7, 11) is 0. The van der Waals surface area contributed by atoms with Gasteiger partial charge >= 0.3 is 0 Å². The van der Waals surface area contributed by atoms with Gasteiger partial charge in [-0.15, -0.1) is 0 Å². The number of hydrogen-bond acceptors (Lipinski definition) is 0. The SMILES string of the molecule is Clc1ccccc1C(CBr)(CBr)CC1CCCC1. The molecule has 0 amide bonds. The van der Waals surface area contributed by atoms with Crippen molar-refractivity contribution in [2.45, 2.75) is 37.5 Å². The largest absolute Gasteiger partial charge is 0.0918 e. The lowest BCUT2D eigenvalue weighted by Crippen LogP contribution is -2.32. The maximum absolute atomic E-state index is 6.41. The zero-order valence-corrected chi connectivity index (χ0v) is 14.4. The predicted molar refractivity (Wildman–Crippen MR) is 87.3 cm³/mol. The average molecular weight is 395 g/mol. The van der Waals surface area contributed by atoms with E-state index in [0.717, 1.165) is 21.6 Å². The molecule has 1 aromatic rings. The third-order valence-electron chi connectivity index (χ3n) is 4.11. The van der Waals surface area contributed by atoms with Crippen molar-refractivity contribution in [3.63, 3.8) is 0 Å². The van der Waals surface area contributed by atoms with Gasteiger partial charge in [0.1, 0.15) is 0 Å². The van der Waals surface area contributed by atoms with Crippen LogP contribution in [0.3, 0.4) is 0 Å².